The normalized spacial score (nSPS) is 12.5. The summed E-state index contributed by atoms with van der Waals surface area (Å²) in [6.45, 7) is 16.7. The van der Waals surface area contributed by atoms with Gasteiger partial charge >= 0.3 is 0 Å². The van der Waals surface area contributed by atoms with E-state index >= 15 is 0 Å². The van der Waals surface area contributed by atoms with E-state index in [1.54, 1.807) is 0 Å². The van der Waals surface area contributed by atoms with Crippen LogP contribution in [0.2, 0.25) is 0 Å². The first-order valence-electron chi connectivity index (χ1n) is 7.28. The fourth-order valence-electron chi connectivity index (χ4n) is 2.10. The van der Waals surface area contributed by atoms with Crippen molar-refractivity contribution in [3.8, 4) is 0 Å². The highest BCUT2D eigenvalue weighted by atomic mass is 15.1. The van der Waals surface area contributed by atoms with Crippen LogP contribution in [0.4, 0.5) is 5.69 Å². The van der Waals surface area contributed by atoms with Gasteiger partial charge in [-0.3, -0.25) is 0 Å². The zero-order valence-corrected chi connectivity index (χ0v) is 13.5. The summed E-state index contributed by atoms with van der Waals surface area (Å²) in [5, 5.41) is 3.62. The van der Waals surface area contributed by atoms with E-state index in [0.717, 1.165) is 19.6 Å². The van der Waals surface area contributed by atoms with Crippen molar-refractivity contribution in [1.82, 2.24) is 5.32 Å². The molecule has 0 saturated carbocycles. The molecule has 19 heavy (non-hydrogen) atoms. The fraction of sp³-hybridized carbons (Fsp3) is 0.647. The van der Waals surface area contributed by atoms with Crippen LogP contribution in [0, 0.1) is 5.41 Å². The average molecular weight is 262 g/mol. The number of para-hydroxylation sites is 1. The van der Waals surface area contributed by atoms with Crippen LogP contribution < -0.4 is 10.2 Å². The predicted octanol–water partition coefficient (Wildman–Crippen LogP) is 3.93. The molecule has 0 saturated heterocycles. The van der Waals surface area contributed by atoms with Crippen LogP contribution in [0.15, 0.2) is 30.3 Å². The molecular weight excluding hydrogens is 232 g/mol. The Balaban J connectivity index is 2.64. The van der Waals surface area contributed by atoms with Gasteiger partial charge in [-0.15, -0.1) is 0 Å². The number of hydrogen-bond donors (Lipinski definition) is 1. The Bertz CT molecular complexity index is 363. The monoisotopic (exact) mass is 262 g/mol. The number of rotatable bonds is 6. The summed E-state index contributed by atoms with van der Waals surface area (Å²) >= 11 is 0. The number of nitrogens with zero attached hydrogens (tertiary/aromatic N) is 1. The fourth-order valence-corrected chi connectivity index (χ4v) is 2.10. The topological polar surface area (TPSA) is 15.3 Å². The Morgan fingerprint density at radius 2 is 1.58 bits per heavy atom. The third-order valence-corrected chi connectivity index (χ3v) is 3.22. The molecule has 0 amide bonds. The van der Waals surface area contributed by atoms with Crippen molar-refractivity contribution in [2.75, 3.05) is 24.5 Å². The maximum atomic E-state index is 3.62. The van der Waals surface area contributed by atoms with Gasteiger partial charge in [0.05, 0.1) is 0 Å². The first kappa shape index (κ1) is 16.0. The number of benzene rings is 1. The van der Waals surface area contributed by atoms with Crippen LogP contribution in [-0.2, 0) is 0 Å². The van der Waals surface area contributed by atoms with E-state index in [2.05, 4.69) is 82.1 Å². The van der Waals surface area contributed by atoms with Gasteiger partial charge in [-0.1, -0.05) is 32.0 Å². The first-order valence-corrected chi connectivity index (χ1v) is 7.28. The van der Waals surface area contributed by atoms with Gasteiger partial charge in [-0.25, -0.2) is 0 Å². The van der Waals surface area contributed by atoms with E-state index in [9.17, 15) is 0 Å². The molecule has 0 spiro atoms. The molecule has 108 valence electrons. The molecule has 0 bridgehead atoms. The standard InChI is InChI=1S/C17H30N2/c1-7-19(15-11-9-8-10-12-15)14-17(5,6)13-18-16(2,3)4/h8-12,18H,7,13-14H2,1-6H3. The second-order valence-electron chi connectivity index (χ2n) is 7.12. The van der Waals surface area contributed by atoms with Crippen molar-refractivity contribution in [3.05, 3.63) is 30.3 Å². The lowest BCUT2D eigenvalue weighted by atomic mass is 9.91. The van der Waals surface area contributed by atoms with Gasteiger partial charge in [0.25, 0.3) is 0 Å². The van der Waals surface area contributed by atoms with E-state index in [4.69, 9.17) is 0 Å². The number of anilines is 1. The first-order chi connectivity index (χ1) is 8.73. The zero-order chi connectivity index (χ0) is 14.5. The highest BCUT2D eigenvalue weighted by molar-refractivity contribution is 5.46. The predicted molar refractivity (Wildman–Crippen MR) is 85.9 cm³/mol. The smallest absolute Gasteiger partial charge is 0.0366 e. The SMILES string of the molecule is CCN(CC(C)(C)CNC(C)(C)C)c1ccccc1. The maximum absolute atomic E-state index is 3.62. The highest BCUT2D eigenvalue weighted by Gasteiger charge is 2.23. The second kappa shape index (κ2) is 6.42. The van der Waals surface area contributed by atoms with E-state index in [0.29, 0.717) is 0 Å². The minimum absolute atomic E-state index is 0.182. The zero-order valence-electron chi connectivity index (χ0n) is 13.5. The van der Waals surface area contributed by atoms with Gasteiger partial charge in [0.2, 0.25) is 0 Å². The minimum Gasteiger partial charge on any atom is -0.371 e. The van der Waals surface area contributed by atoms with Gasteiger partial charge in [0, 0.05) is 30.9 Å². The van der Waals surface area contributed by atoms with Crippen LogP contribution in [0.5, 0.6) is 0 Å². The summed E-state index contributed by atoms with van der Waals surface area (Å²) in [7, 11) is 0. The Morgan fingerprint density at radius 1 is 1.00 bits per heavy atom. The molecule has 0 fully saturated rings. The Kier molecular flexibility index (Phi) is 5.42. The van der Waals surface area contributed by atoms with Gasteiger partial charge in [0.1, 0.15) is 0 Å². The van der Waals surface area contributed by atoms with Gasteiger partial charge in [-0.2, -0.15) is 0 Å². The van der Waals surface area contributed by atoms with Crippen LogP contribution in [0.25, 0.3) is 0 Å². The summed E-state index contributed by atoms with van der Waals surface area (Å²) in [5.41, 5.74) is 1.74. The quantitative estimate of drug-likeness (QED) is 0.835. The lowest BCUT2D eigenvalue weighted by Gasteiger charge is -2.36. The van der Waals surface area contributed by atoms with Crippen molar-refractivity contribution in [2.24, 2.45) is 5.41 Å². The van der Waals surface area contributed by atoms with E-state index in [-0.39, 0.29) is 11.0 Å². The second-order valence-corrected chi connectivity index (χ2v) is 7.12. The summed E-state index contributed by atoms with van der Waals surface area (Å²) in [5.74, 6) is 0. The molecule has 1 aromatic rings. The Hall–Kier alpha value is -1.02. The van der Waals surface area contributed by atoms with E-state index in [1.807, 2.05) is 0 Å². The third-order valence-electron chi connectivity index (χ3n) is 3.22. The molecule has 1 aromatic carbocycles. The summed E-state index contributed by atoms with van der Waals surface area (Å²) in [6.07, 6.45) is 0. The van der Waals surface area contributed by atoms with Crippen molar-refractivity contribution in [3.63, 3.8) is 0 Å². The largest absolute Gasteiger partial charge is 0.371 e. The Morgan fingerprint density at radius 3 is 2.05 bits per heavy atom. The molecule has 0 aromatic heterocycles. The van der Waals surface area contributed by atoms with Crippen molar-refractivity contribution in [2.45, 2.75) is 47.1 Å². The van der Waals surface area contributed by atoms with Gasteiger partial charge < -0.3 is 10.2 Å². The van der Waals surface area contributed by atoms with Crippen molar-refractivity contribution >= 4 is 5.69 Å². The van der Waals surface area contributed by atoms with Gasteiger partial charge in [-0.05, 0) is 45.2 Å². The molecule has 2 nitrogen and oxygen atoms in total. The Labute approximate surface area is 119 Å². The lowest BCUT2D eigenvalue weighted by Crippen LogP contribution is -2.46. The number of nitrogens with one attached hydrogen (secondary N) is 1. The lowest BCUT2D eigenvalue weighted by molar-refractivity contribution is 0.293. The van der Waals surface area contributed by atoms with Crippen molar-refractivity contribution < 1.29 is 0 Å². The summed E-state index contributed by atoms with van der Waals surface area (Å²) in [4.78, 5) is 2.45. The molecule has 0 unspecified atom stereocenters. The molecule has 1 rings (SSSR count). The number of hydrogen-bond acceptors (Lipinski definition) is 2. The molecular formula is C17H30N2. The summed E-state index contributed by atoms with van der Waals surface area (Å²) < 4.78 is 0. The maximum Gasteiger partial charge on any atom is 0.0366 e. The van der Waals surface area contributed by atoms with Crippen molar-refractivity contribution in [1.29, 1.82) is 0 Å². The molecule has 1 N–H and O–H groups in total. The molecule has 0 aliphatic carbocycles. The minimum atomic E-state index is 0.182. The van der Waals surface area contributed by atoms with Crippen LogP contribution in [0.3, 0.4) is 0 Å². The molecule has 0 heterocycles. The highest BCUT2D eigenvalue weighted by Crippen LogP contribution is 2.22. The molecule has 0 radical (unpaired) electrons. The molecule has 0 aliphatic heterocycles. The van der Waals surface area contributed by atoms with Gasteiger partial charge in [0.15, 0.2) is 0 Å². The molecule has 0 aliphatic rings. The molecule has 0 atom stereocenters. The molecule has 2 heteroatoms. The van der Waals surface area contributed by atoms with Crippen LogP contribution >= 0.6 is 0 Å². The third kappa shape index (κ3) is 6.11. The van der Waals surface area contributed by atoms with E-state index in [1.165, 1.54) is 5.69 Å². The van der Waals surface area contributed by atoms with Crippen LogP contribution in [0.1, 0.15) is 41.5 Å². The van der Waals surface area contributed by atoms with E-state index < -0.39 is 0 Å². The van der Waals surface area contributed by atoms with Crippen LogP contribution in [-0.4, -0.2) is 25.2 Å². The average Bonchev–Trinajstić information content (AvgIpc) is 2.34. The summed E-state index contributed by atoms with van der Waals surface area (Å²) in [6, 6.07) is 10.7.